The molecule has 0 saturated carbocycles. The van der Waals surface area contributed by atoms with Crippen LogP contribution in [0.15, 0.2) is 24.3 Å². The van der Waals surface area contributed by atoms with Crippen LogP contribution >= 0.6 is 0 Å². The Kier molecular flexibility index (Phi) is 6.80. The molecule has 0 unspecified atom stereocenters. The number of hydrogen-bond acceptors (Lipinski definition) is 3. The maximum Gasteiger partial charge on any atom is 0.317 e. The zero-order valence-electron chi connectivity index (χ0n) is 14.1. The van der Waals surface area contributed by atoms with Crippen LogP contribution in [0.2, 0.25) is 0 Å². The molecule has 0 bridgehead atoms. The fourth-order valence-corrected chi connectivity index (χ4v) is 2.65. The first kappa shape index (κ1) is 17.7. The number of rotatable bonds is 6. The number of benzene rings is 1. The molecular weight excluding hydrogens is 295 g/mol. The molecule has 1 fully saturated rings. The molecule has 23 heavy (non-hydrogen) atoms. The first-order valence-corrected chi connectivity index (χ1v) is 8.19. The summed E-state index contributed by atoms with van der Waals surface area (Å²) in [6.07, 6.45) is 0.710. The van der Waals surface area contributed by atoms with Gasteiger partial charge in [-0.05, 0) is 32.1 Å². The predicted octanol–water partition coefficient (Wildman–Crippen LogP) is 1.26. The second-order valence-electron chi connectivity index (χ2n) is 6.21. The SMILES string of the molecule is CN(C)CCNC(=O)N1CCN(CCc2ccccc2F)CC1. The minimum Gasteiger partial charge on any atom is -0.337 e. The van der Waals surface area contributed by atoms with E-state index in [2.05, 4.69) is 10.2 Å². The number of amides is 2. The van der Waals surface area contributed by atoms with Gasteiger partial charge in [-0.2, -0.15) is 0 Å². The second kappa shape index (κ2) is 8.84. The summed E-state index contributed by atoms with van der Waals surface area (Å²) in [4.78, 5) is 18.2. The van der Waals surface area contributed by atoms with Gasteiger partial charge in [0.2, 0.25) is 0 Å². The number of likely N-dealkylation sites (N-methyl/N-ethyl adjacent to an activating group) is 1. The lowest BCUT2D eigenvalue weighted by Crippen LogP contribution is -2.52. The van der Waals surface area contributed by atoms with Gasteiger partial charge in [-0.25, -0.2) is 9.18 Å². The summed E-state index contributed by atoms with van der Waals surface area (Å²) in [5, 5.41) is 2.94. The van der Waals surface area contributed by atoms with Crippen molar-refractivity contribution >= 4 is 6.03 Å². The van der Waals surface area contributed by atoms with Gasteiger partial charge >= 0.3 is 6.03 Å². The van der Waals surface area contributed by atoms with Crippen LogP contribution in [0, 0.1) is 5.82 Å². The van der Waals surface area contributed by atoms with E-state index in [1.165, 1.54) is 6.07 Å². The molecule has 2 amide bonds. The zero-order chi connectivity index (χ0) is 16.7. The highest BCUT2D eigenvalue weighted by atomic mass is 19.1. The highest BCUT2D eigenvalue weighted by molar-refractivity contribution is 5.74. The van der Waals surface area contributed by atoms with Crippen molar-refractivity contribution < 1.29 is 9.18 Å². The van der Waals surface area contributed by atoms with E-state index in [-0.39, 0.29) is 11.8 Å². The van der Waals surface area contributed by atoms with Crippen LogP contribution in [-0.4, -0.2) is 80.6 Å². The number of halogens is 1. The van der Waals surface area contributed by atoms with Gasteiger partial charge in [-0.1, -0.05) is 18.2 Å². The molecule has 0 aromatic heterocycles. The van der Waals surface area contributed by atoms with Gasteiger partial charge in [0.1, 0.15) is 5.82 Å². The van der Waals surface area contributed by atoms with Gasteiger partial charge in [-0.15, -0.1) is 0 Å². The fraction of sp³-hybridized carbons (Fsp3) is 0.588. The summed E-state index contributed by atoms with van der Waals surface area (Å²) in [5.41, 5.74) is 0.761. The normalized spacial score (nSPS) is 15.9. The smallest absolute Gasteiger partial charge is 0.317 e. The largest absolute Gasteiger partial charge is 0.337 e. The Balaban J connectivity index is 1.67. The summed E-state index contributed by atoms with van der Waals surface area (Å²) < 4.78 is 13.6. The summed E-state index contributed by atoms with van der Waals surface area (Å²) in [6, 6.07) is 6.94. The second-order valence-corrected chi connectivity index (χ2v) is 6.21. The van der Waals surface area contributed by atoms with E-state index in [4.69, 9.17) is 0 Å². The molecule has 2 rings (SSSR count). The van der Waals surface area contributed by atoms with Crippen molar-refractivity contribution in [3.63, 3.8) is 0 Å². The molecule has 1 heterocycles. The van der Waals surface area contributed by atoms with Gasteiger partial charge in [0, 0.05) is 45.8 Å². The number of urea groups is 1. The Labute approximate surface area is 138 Å². The molecule has 1 aromatic rings. The van der Waals surface area contributed by atoms with Crippen molar-refractivity contribution in [3.05, 3.63) is 35.6 Å². The number of piperazine rings is 1. The quantitative estimate of drug-likeness (QED) is 0.857. The summed E-state index contributed by atoms with van der Waals surface area (Å²) in [6.45, 7) is 5.48. The Morgan fingerprint density at radius 1 is 1.22 bits per heavy atom. The number of carbonyl (C=O) groups excluding carboxylic acids is 1. The number of carbonyl (C=O) groups is 1. The number of hydrogen-bond donors (Lipinski definition) is 1. The fourth-order valence-electron chi connectivity index (χ4n) is 2.65. The third-order valence-corrected chi connectivity index (χ3v) is 4.15. The van der Waals surface area contributed by atoms with Crippen molar-refractivity contribution in [3.8, 4) is 0 Å². The van der Waals surface area contributed by atoms with Crippen molar-refractivity contribution in [2.75, 3.05) is 59.9 Å². The maximum absolute atomic E-state index is 13.6. The third kappa shape index (κ3) is 5.80. The molecule has 6 heteroatoms. The van der Waals surface area contributed by atoms with E-state index < -0.39 is 0 Å². The van der Waals surface area contributed by atoms with Crippen molar-refractivity contribution in [2.45, 2.75) is 6.42 Å². The van der Waals surface area contributed by atoms with Gasteiger partial charge < -0.3 is 15.1 Å². The molecule has 0 aliphatic carbocycles. The molecule has 0 atom stereocenters. The van der Waals surface area contributed by atoms with Gasteiger partial charge in [0.15, 0.2) is 0 Å². The molecule has 0 spiro atoms. The lowest BCUT2D eigenvalue weighted by Gasteiger charge is -2.34. The summed E-state index contributed by atoms with van der Waals surface area (Å²) in [5.74, 6) is -0.133. The van der Waals surface area contributed by atoms with Crippen LogP contribution in [0.5, 0.6) is 0 Å². The summed E-state index contributed by atoms with van der Waals surface area (Å²) in [7, 11) is 3.97. The van der Waals surface area contributed by atoms with Crippen LogP contribution < -0.4 is 5.32 Å². The minimum absolute atomic E-state index is 0.0144. The van der Waals surface area contributed by atoms with E-state index in [0.29, 0.717) is 13.0 Å². The van der Waals surface area contributed by atoms with Crippen LogP contribution in [0.3, 0.4) is 0 Å². The predicted molar refractivity (Wildman–Crippen MR) is 90.1 cm³/mol. The standard InChI is InChI=1S/C17H27FN4O/c1-20(2)10-8-19-17(23)22-13-11-21(12-14-22)9-7-15-5-3-4-6-16(15)18/h3-6H,7-14H2,1-2H3,(H,19,23). The van der Waals surface area contributed by atoms with Crippen molar-refractivity contribution in [1.29, 1.82) is 0 Å². The summed E-state index contributed by atoms with van der Waals surface area (Å²) >= 11 is 0. The first-order valence-electron chi connectivity index (χ1n) is 8.19. The molecule has 128 valence electrons. The van der Waals surface area contributed by atoms with Gasteiger partial charge in [-0.3, -0.25) is 4.90 Å². The van der Waals surface area contributed by atoms with E-state index >= 15 is 0 Å². The Bertz CT molecular complexity index is 501. The Morgan fingerprint density at radius 3 is 2.57 bits per heavy atom. The monoisotopic (exact) mass is 322 g/mol. The van der Waals surface area contributed by atoms with Crippen molar-refractivity contribution in [1.82, 2.24) is 20.0 Å². The molecule has 1 N–H and O–H groups in total. The van der Waals surface area contributed by atoms with Crippen LogP contribution in [0.4, 0.5) is 9.18 Å². The Hall–Kier alpha value is -1.66. The van der Waals surface area contributed by atoms with E-state index in [0.717, 1.165) is 44.8 Å². The average Bonchev–Trinajstić information content (AvgIpc) is 2.54. The van der Waals surface area contributed by atoms with E-state index in [1.807, 2.05) is 36.0 Å². The van der Waals surface area contributed by atoms with E-state index in [9.17, 15) is 9.18 Å². The minimum atomic E-state index is -0.133. The lowest BCUT2D eigenvalue weighted by atomic mass is 10.1. The first-order chi connectivity index (χ1) is 11.1. The third-order valence-electron chi connectivity index (χ3n) is 4.15. The number of nitrogens with one attached hydrogen (secondary N) is 1. The van der Waals surface area contributed by atoms with Crippen LogP contribution in [0.1, 0.15) is 5.56 Å². The van der Waals surface area contributed by atoms with Crippen LogP contribution in [-0.2, 0) is 6.42 Å². The highest BCUT2D eigenvalue weighted by Crippen LogP contribution is 2.09. The molecule has 1 aliphatic rings. The van der Waals surface area contributed by atoms with E-state index in [1.54, 1.807) is 6.07 Å². The average molecular weight is 322 g/mol. The molecular formula is C17H27FN4O. The number of nitrogens with zero attached hydrogens (tertiary/aromatic N) is 3. The zero-order valence-corrected chi connectivity index (χ0v) is 14.1. The van der Waals surface area contributed by atoms with Gasteiger partial charge in [0.25, 0.3) is 0 Å². The van der Waals surface area contributed by atoms with Crippen molar-refractivity contribution in [2.24, 2.45) is 0 Å². The maximum atomic E-state index is 13.6. The molecule has 1 aliphatic heterocycles. The van der Waals surface area contributed by atoms with Gasteiger partial charge in [0.05, 0.1) is 0 Å². The highest BCUT2D eigenvalue weighted by Gasteiger charge is 2.20. The molecule has 1 aromatic carbocycles. The topological polar surface area (TPSA) is 38.8 Å². The molecule has 0 radical (unpaired) electrons. The molecule has 1 saturated heterocycles. The molecule has 5 nitrogen and oxygen atoms in total. The van der Waals surface area contributed by atoms with Crippen LogP contribution in [0.25, 0.3) is 0 Å². The lowest BCUT2D eigenvalue weighted by molar-refractivity contribution is 0.139. The Morgan fingerprint density at radius 2 is 1.91 bits per heavy atom.